The van der Waals surface area contributed by atoms with Crippen LogP contribution < -0.4 is 0 Å². The van der Waals surface area contributed by atoms with E-state index in [2.05, 4.69) is 54.7 Å². The number of nitrogens with zero attached hydrogens (tertiary/aromatic N) is 3. The third-order valence-electron chi connectivity index (χ3n) is 3.00. The van der Waals surface area contributed by atoms with Crippen molar-refractivity contribution in [2.24, 2.45) is 7.05 Å². The van der Waals surface area contributed by atoms with Crippen LogP contribution in [0.15, 0.2) is 47.1 Å². The summed E-state index contributed by atoms with van der Waals surface area (Å²) in [5, 5.41) is 0. The summed E-state index contributed by atoms with van der Waals surface area (Å²) in [6.07, 6.45) is 2.62. The number of hydrogen-bond donors (Lipinski definition) is 0. The second-order valence-corrected chi connectivity index (χ2v) is 5.15. The molecule has 3 rings (SSSR count). The van der Waals surface area contributed by atoms with Crippen molar-refractivity contribution < 1.29 is 0 Å². The topological polar surface area (TPSA) is 30.7 Å². The van der Waals surface area contributed by atoms with E-state index in [9.17, 15) is 0 Å². The van der Waals surface area contributed by atoms with Crippen molar-refractivity contribution in [2.75, 3.05) is 0 Å². The first-order valence-electron chi connectivity index (χ1n) is 5.75. The predicted octanol–water partition coefficient (Wildman–Crippen LogP) is 3.32. The lowest BCUT2D eigenvalue weighted by atomic mass is 10.1. The van der Waals surface area contributed by atoms with Gasteiger partial charge in [0.2, 0.25) is 0 Å². The zero-order valence-corrected chi connectivity index (χ0v) is 11.6. The van der Waals surface area contributed by atoms with Crippen molar-refractivity contribution in [3.05, 3.63) is 58.5 Å². The van der Waals surface area contributed by atoms with Gasteiger partial charge in [-0.2, -0.15) is 0 Å². The molecule has 0 saturated heterocycles. The van der Waals surface area contributed by atoms with Crippen molar-refractivity contribution in [3.8, 4) is 0 Å². The normalized spacial score (nSPS) is 11.0. The Labute approximate surface area is 114 Å². The van der Waals surface area contributed by atoms with Crippen molar-refractivity contribution >= 4 is 27.1 Å². The summed E-state index contributed by atoms with van der Waals surface area (Å²) in [6.45, 7) is 0. The molecule has 0 fully saturated rings. The molecule has 2 aromatic heterocycles. The molecule has 0 atom stereocenters. The van der Waals surface area contributed by atoms with E-state index in [1.54, 1.807) is 6.20 Å². The molecule has 0 amide bonds. The molecule has 0 bridgehead atoms. The van der Waals surface area contributed by atoms with Crippen LogP contribution in [0.25, 0.3) is 11.2 Å². The van der Waals surface area contributed by atoms with Crippen molar-refractivity contribution in [1.82, 2.24) is 14.5 Å². The number of imidazole rings is 1. The van der Waals surface area contributed by atoms with E-state index < -0.39 is 0 Å². The summed E-state index contributed by atoms with van der Waals surface area (Å²) >= 11 is 3.44. The maximum Gasteiger partial charge on any atom is 0.159 e. The Morgan fingerprint density at radius 3 is 2.67 bits per heavy atom. The lowest BCUT2D eigenvalue weighted by molar-refractivity contribution is 0.836. The fourth-order valence-electron chi connectivity index (χ4n) is 2.01. The molecule has 0 aliphatic carbocycles. The average molecular weight is 302 g/mol. The molecule has 0 spiro atoms. The Kier molecular flexibility index (Phi) is 2.88. The van der Waals surface area contributed by atoms with Crippen molar-refractivity contribution in [2.45, 2.75) is 6.42 Å². The van der Waals surface area contributed by atoms with Gasteiger partial charge in [-0.1, -0.05) is 28.1 Å². The second kappa shape index (κ2) is 4.53. The molecule has 0 aliphatic rings. The minimum absolute atomic E-state index is 0.820. The second-order valence-electron chi connectivity index (χ2n) is 4.24. The maximum atomic E-state index is 4.62. The van der Waals surface area contributed by atoms with Crippen LogP contribution >= 0.6 is 15.9 Å². The molecule has 3 nitrogen and oxygen atoms in total. The van der Waals surface area contributed by atoms with Crippen molar-refractivity contribution in [3.63, 3.8) is 0 Å². The van der Waals surface area contributed by atoms with Crippen LogP contribution in [0.3, 0.4) is 0 Å². The minimum Gasteiger partial charge on any atom is -0.316 e. The fourth-order valence-corrected chi connectivity index (χ4v) is 2.28. The highest BCUT2D eigenvalue weighted by Gasteiger charge is 2.08. The molecular weight excluding hydrogens is 290 g/mol. The molecule has 4 heteroatoms. The van der Waals surface area contributed by atoms with E-state index in [1.807, 2.05) is 19.2 Å². The quantitative estimate of drug-likeness (QED) is 0.727. The van der Waals surface area contributed by atoms with Crippen LogP contribution in [0.5, 0.6) is 0 Å². The third kappa shape index (κ3) is 2.04. The van der Waals surface area contributed by atoms with Gasteiger partial charge in [-0.05, 0) is 29.8 Å². The smallest absolute Gasteiger partial charge is 0.159 e. The molecule has 18 heavy (non-hydrogen) atoms. The van der Waals surface area contributed by atoms with Crippen LogP contribution in [0.4, 0.5) is 0 Å². The summed E-state index contributed by atoms with van der Waals surface area (Å²) in [5.74, 6) is 1.03. The van der Waals surface area contributed by atoms with Crippen LogP contribution in [-0.2, 0) is 13.5 Å². The molecule has 0 saturated carbocycles. The number of fused-ring (bicyclic) bond motifs is 1. The highest BCUT2D eigenvalue weighted by molar-refractivity contribution is 9.10. The zero-order chi connectivity index (χ0) is 12.5. The monoisotopic (exact) mass is 301 g/mol. The van der Waals surface area contributed by atoms with Gasteiger partial charge in [0.1, 0.15) is 11.3 Å². The van der Waals surface area contributed by atoms with Crippen LogP contribution in [0.1, 0.15) is 11.4 Å². The minimum atomic E-state index is 0.820. The lowest BCUT2D eigenvalue weighted by Gasteiger charge is -2.02. The van der Waals surface area contributed by atoms with Gasteiger partial charge >= 0.3 is 0 Å². The fraction of sp³-hybridized carbons (Fsp3) is 0.143. The van der Waals surface area contributed by atoms with E-state index in [0.29, 0.717) is 0 Å². The van der Waals surface area contributed by atoms with Gasteiger partial charge in [0, 0.05) is 24.1 Å². The van der Waals surface area contributed by atoms with Crippen LogP contribution in [0, 0.1) is 0 Å². The molecule has 0 N–H and O–H groups in total. The Morgan fingerprint density at radius 2 is 1.94 bits per heavy atom. The zero-order valence-electron chi connectivity index (χ0n) is 9.97. The number of benzene rings is 1. The molecule has 90 valence electrons. The SMILES string of the molecule is Cn1c(Cc2ccc(Br)cc2)nc2cccnc21. The maximum absolute atomic E-state index is 4.62. The first-order chi connectivity index (χ1) is 8.74. The third-order valence-corrected chi connectivity index (χ3v) is 3.52. The summed E-state index contributed by atoms with van der Waals surface area (Å²) < 4.78 is 3.15. The highest BCUT2D eigenvalue weighted by Crippen LogP contribution is 2.16. The van der Waals surface area contributed by atoms with Gasteiger partial charge in [-0.25, -0.2) is 9.97 Å². The number of aromatic nitrogens is 3. The van der Waals surface area contributed by atoms with Gasteiger partial charge in [-0.3, -0.25) is 0 Å². The lowest BCUT2D eigenvalue weighted by Crippen LogP contribution is -1.99. The summed E-state index contributed by atoms with van der Waals surface area (Å²) in [5.41, 5.74) is 3.13. The molecule has 3 aromatic rings. The first kappa shape index (κ1) is 11.4. The van der Waals surface area contributed by atoms with E-state index in [0.717, 1.165) is 27.9 Å². The van der Waals surface area contributed by atoms with Gasteiger partial charge in [0.15, 0.2) is 5.65 Å². The van der Waals surface area contributed by atoms with E-state index in [-0.39, 0.29) is 0 Å². The summed E-state index contributed by atoms with van der Waals surface area (Å²) in [6, 6.07) is 12.2. The Bertz CT molecular complexity index is 686. The van der Waals surface area contributed by atoms with E-state index >= 15 is 0 Å². The number of rotatable bonds is 2. The molecule has 2 heterocycles. The largest absolute Gasteiger partial charge is 0.316 e. The number of aryl methyl sites for hydroxylation is 1. The standard InChI is InChI=1S/C14H12BrN3/c1-18-13(9-10-4-6-11(15)7-5-10)17-12-3-2-8-16-14(12)18/h2-8H,9H2,1H3. The average Bonchev–Trinajstić information content (AvgIpc) is 2.70. The Balaban J connectivity index is 1.99. The van der Waals surface area contributed by atoms with Gasteiger partial charge in [0.25, 0.3) is 0 Å². The number of pyridine rings is 1. The predicted molar refractivity (Wildman–Crippen MR) is 75.5 cm³/mol. The van der Waals surface area contributed by atoms with Crippen molar-refractivity contribution in [1.29, 1.82) is 0 Å². The van der Waals surface area contributed by atoms with E-state index in [4.69, 9.17) is 0 Å². The molecule has 1 aromatic carbocycles. The molecule has 0 unspecified atom stereocenters. The van der Waals surface area contributed by atoms with Gasteiger partial charge in [-0.15, -0.1) is 0 Å². The highest BCUT2D eigenvalue weighted by atomic mass is 79.9. The summed E-state index contributed by atoms with van der Waals surface area (Å²) in [7, 11) is 2.01. The Morgan fingerprint density at radius 1 is 1.17 bits per heavy atom. The molecule has 0 aliphatic heterocycles. The van der Waals surface area contributed by atoms with Gasteiger partial charge in [0.05, 0.1) is 0 Å². The first-order valence-corrected chi connectivity index (χ1v) is 6.54. The van der Waals surface area contributed by atoms with Crippen LogP contribution in [0.2, 0.25) is 0 Å². The molecule has 0 radical (unpaired) electrons. The van der Waals surface area contributed by atoms with Crippen LogP contribution in [-0.4, -0.2) is 14.5 Å². The van der Waals surface area contributed by atoms with E-state index in [1.165, 1.54) is 5.56 Å². The number of hydrogen-bond acceptors (Lipinski definition) is 2. The summed E-state index contributed by atoms with van der Waals surface area (Å²) in [4.78, 5) is 8.97. The number of halogens is 1. The Hall–Kier alpha value is -1.68. The molecular formula is C14H12BrN3. The van der Waals surface area contributed by atoms with Gasteiger partial charge < -0.3 is 4.57 Å².